The predicted molar refractivity (Wildman–Crippen MR) is 117 cm³/mol. The van der Waals surface area contributed by atoms with Crippen LogP contribution in [0.2, 0.25) is 0 Å². The van der Waals surface area contributed by atoms with Crippen LogP contribution >= 0.6 is 11.8 Å². The van der Waals surface area contributed by atoms with Gasteiger partial charge in [0.25, 0.3) is 0 Å². The van der Waals surface area contributed by atoms with E-state index in [1.165, 1.54) is 23.9 Å². The number of carbonyl (C=O) groups is 1. The molecular formula is C21H21FN4O3S2. The molecule has 1 aromatic heterocycles. The largest absolute Gasteiger partial charge is 0.349 e. The van der Waals surface area contributed by atoms with Crippen LogP contribution in [0.1, 0.15) is 13.3 Å². The molecule has 1 aliphatic rings. The van der Waals surface area contributed by atoms with Crippen LogP contribution < -0.4 is 5.32 Å². The van der Waals surface area contributed by atoms with E-state index in [1.807, 2.05) is 30.3 Å². The molecule has 1 unspecified atom stereocenters. The lowest BCUT2D eigenvalue weighted by Gasteiger charge is -2.23. The first-order chi connectivity index (χ1) is 14.7. The fraction of sp³-hybridized carbons (Fsp3) is 0.286. The van der Waals surface area contributed by atoms with Gasteiger partial charge in [0.05, 0.1) is 22.8 Å². The first-order valence-electron chi connectivity index (χ1n) is 9.66. The van der Waals surface area contributed by atoms with Crippen molar-refractivity contribution < 1.29 is 17.6 Å². The SMILES string of the molecule is CC1(NC(=O)CSc2nnc(-c3ccccc3)n2-c2ccc(F)cc2)CCS(=O)(=O)C1. The summed E-state index contributed by atoms with van der Waals surface area (Å²) in [5.74, 6) is 0.00950. The monoisotopic (exact) mass is 460 g/mol. The molecule has 0 bridgehead atoms. The average Bonchev–Trinajstić information content (AvgIpc) is 3.27. The minimum absolute atomic E-state index is 0.0454. The zero-order valence-electron chi connectivity index (χ0n) is 16.8. The highest BCUT2D eigenvalue weighted by Crippen LogP contribution is 2.28. The van der Waals surface area contributed by atoms with Gasteiger partial charge in [-0.3, -0.25) is 9.36 Å². The number of nitrogens with one attached hydrogen (secondary N) is 1. The van der Waals surface area contributed by atoms with Crippen LogP contribution in [0.25, 0.3) is 17.1 Å². The highest BCUT2D eigenvalue weighted by atomic mass is 32.2. The summed E-state index contributed by atoms with van der Waals surface area (Å²) in [6.45, 7) is 1.74. The molecule has 10 heteroatoms. The first kappa shape index (κ1) is 21.5. The van der Waals surface area contributed by atoms with Gasteiger partial charge in [-0.15, -0.1) is 10.2 Å². The zero-order valence-corrected chi connectivity index (χ0v) is 18.4. The zero-order chi connectivity index (χ0) is 22.1. The van der Waals surface area contributed by atoms with E-state index in [-0.39, 0.29) is 29.0 Å². The van der Waals surface area contributed by atoms with Crippen LogP contribution in [0.5, 0.6) is 0 Å². The Kier molecular flexibility index (Phi) is 5.85. The van der Waals surface area contributed by atoms with Crippen molar-refractivity contribution in [1.29, 1.82) is 0 Å². The third kappa shape index (κ3) is 4.96. The van der Waals surface area contributed by atoms with E-state index in [0.717, 1.165) is 5.56 Å². The van der Waals surface area contributed by atoms with Crippen molar-refractivity contribution in [3.8, 4) is 17.1 Å². The Bertz CT molecular complexity index is 1200. The molecule has 1 saturated heterocycles. The second-order valence-electron chi connectivity index (χ2n) is 7.72. The maximum atomic E-state index is 13.4. The van der Waals surface area contributed by atoms with Gasteiger partial charge in [-0.2, -0.15) is 0 Å². The molecule has 1 N–H and O–H groups in total. The van der Waals surface area contributed by atoms with Gasteiger partial charge in [0.1, 0.15) is 5.82 Å². The lowest BCUT2D eigenvalue weighted by Crippen LogP contribution is -2.47. The Labute approximate surface area is 184 Å². The van der Waals surface area contributed by atoms with Crippen LogP contribution in [-0.2, 0) is 14.6 Å². The molecule has 31 heavy (non-hydrogen) atoms. The van der Waals surface area contributed by atoms with E-state index in [0.29, 0.717) is 23.1 Å². The fourth-order valence-corrected chi connectivity index (χ4v) is 6.42. The summed E-state index contributed by atoms with van der Waals surface area (Å²) in [6, 6.07) is 15.4. The Morgan fingerprint density at radius 3 is 2.52 bits per heavy atom. The van der Waals surface area contributed by atoms with Crippen LogP contribution in [-0.4, -0.2) is 51.9 Å². The number of amides is 1. The molecular weight excluding hydrogens is 439 g/mol. The molecule has 162 valence electrons. The van der Waals surface area contributed by atoms with Crippen molar-refractivity contribution in [3.05, 3.63) is 60.4 Å². The van der Waals surface area contributed by atoms with Gasteiger partial charge in [0.2, 0.25) is 5.91 Å². The normalized spacial score (nSPS) is 19.9. The highest BCUT2D eigenvalue weighted by Gasteiger charge is 2.39. The van der Waals surface area contributed by atoms with Crippen molar-refractivity contribution in [2.75, 3.05) is 17.3 Å². The summed E-state index contributed by atoms with van der Waals surface area (Å²) in [5, 5.41) is 11.8. The van der Waals surface area contributed by atoms with Crippen molar-refractivity contribution in [1.82, 2.24) is 20.1 Å². The van der Waals surface area contributed by atoms with Gasteiger partial charge in [-0.1, -0.05) is 42.1 Å². The number of thioether (sulfide) groups is 1. The molecule has 2 heterocycles. The number of hydrogen-bond donors (Lipinski definition) is 1. The number of nitrogens with zero attached hydrogens (tertiary/aromatic N) is 3. The van der Waals surface area contributed by atoms with Crippen molar-refractivity contribution in [2.24, 2.45) is 0 Å². The van der Waals surface area contributed by atoms with Gasteiger partial charge in [0.15, 0.2) is 20.8 Å². The van der Waals surface area contributed by atoms with Gasteiger partial charge in [-0.05, 0) is 37.6 Å². The molecule has 0 spiro atoms. The molecule has 0 radical (unpaired) electrons. The summed E-state index contributed by atoms with van der Waals surface area (Å²) < 4.78 is 38.8. The van der Waals surface area contributed by atoms with E-state index >= 15 is 0 Å². The smallest absolute Gasteiger partial charge is 0.230 e. The topological polar surface area (TPSA) is 93.9 Å². The summed E-state index contributed by atoms with van der Waals surface area (Å²) in [4.78, 5) is 12.5. The Balaban J connectivity index is 1.56. The van der Waals surface area contributed by atoms with E-state index in [1.54, 1.807) is 23.6 Å². The fourth-order valence-electron chi connectivity index (χ4n) is 3.57. The molecule has 2 aromatic carbocycles. The summed E-state index contributed by atoms with van der Waals surface area (Å²) in [7, 11) is -3.12. The molecule has 3 aromatic rings. The minimum atomic E-state index is -3.12. The standard InChI is InChI=1S/C21H21FN4O3S2/c1-21(11-12-31(28,29)14-21)23-18(27)13-30-20-25-24-19(15-5-3-2-4-6-15)26(20)17-9-7-16(22)8-10-17/h2-10H,11-14H2,1H3,(H,23,27). The molecule has 0 aliphatic carbocycles. The second kappa shape index (κ2) is 8.43. The third-order valence-electron chi connectivity index (χ3n) is 5.03. The van der Waals surface area contributed by atoms with E-state index < -0.39 is 15.4 Å². The highest BCUT2D eigenvalue weighted by molar-refractivity contribution is 7.99. The predicted octanol–water partition coefficient (Wildman–Crippen LogP) is 2.86. The van der Waals surface area contributed by atoms with Gasteiger partial charge >= 0.3 is 0 Å². The van der Waals surface area contributed by atoms with E-state index in [2.05, 4.69) is 15.5 Å². The summed E-state index contributed by atoms with van der Waals surface area (Å²) in [5.41, 5.74) is 0.748. The molecule has 0 saturated carbocycles. The molecule has 1 fully saturated rings. The number of hydrogen-bond acceptors (Lipinski definition) is 6. The lowest BCUT2D eigenvalue weighted by atomic mass is 10.0. The third-order valence-corrected chi connectivity index (χ3v) is 7.86. The maximum absolute atomic E-state index is 13.4. The Morgan fingerprint density at radius 1 is 1.16 bits per heavy atom. The second-order valence-corrected chi connectivity index (χ2v) is 10.9. The number of sulfone groups is 1. The molecule has 4 rings (SSSR count). The van der Waals surface area contributed by atoms with Gasteiger partial charge in [-0.25, -0.2) is 12.8 Å². The molecule has 7 nitrogen and oxygen atoms in total. The number of halogens is 1. The van der Waals surface area contributed by atoms with Gasteiger partial charge < -0.3 is 5.32 Å². The van der Waals surface area contributed by atoms with Crippen molar-refractivity contribution in [2.45, 2.75) is 24.0 Å². The lowest BCUT2D eigenvalue weighted by molar-refractivity contribution is -0.120. The maximum Gasteiger partial charge on any atom is 0.230 e. The number of benzene rings is 2. The summed E-state index contributed by atoms with van der Waals surface area (Å²) in [6.07, 6.45) is 0.398. The van der Waals surface area contributed by atoms with Crippen LogP contribution in [0.4, 0.5) is 4.39 Å². The minimum Gasteiger partial charge on any atom is -0.349 e. The van der Waals surface area contributed by atoms with Crippen LogP contribution in [0, 0.1) is 5.82 Å². The summed E-state index contributed by atoms with van der Waals surface area (Å²) >= 11 is 1.19. The molecule has 1 amide bonds. The Morgan fingerprint density at radius 2 is 1.87 bits per heavy atom. The van der Waals surface area contributed by atoms with Gasteiger partial charge in [0, 0.05) is 11.3 Å². The van der Waals surface area contributed by atoms with Crippen LogP contribution in [0.3, 0.4) is 0 Å². The number of aromatic nitrogens is 3. The first-order valence-corrected chi connectivity index (χ1v) is 12.5. The average molecular weight is 461 g/mol. The number of rotatable bonds is 6. The number of carbonyl (C=O) groups excluding carboxylic acids is 1. The van der Waals surface area contributed by atoms with E-state index in [9.17, 15) is 17.6 Å². The van der Waals surface area contributed by atoms with Crippen molar-refractivity contribution >= 4 is 27.5 Å². The van der Waals surface area contributed by atoms with E-state index in [4.69, 9.17) is 0 Å². The van der Waals surface area contributed by atoms with Crippen LogP contribution in [0.15, 0.2) is 59.8 Å². The molecule has 1 atom stereocenters. The Hall–Kier alpha value is -2.72. The quantitative estimate of drug-likeness (QED) is 0.569. The van der Waals surface area contributed by atoms with Crippen molar-refractivity contribution in [3.63, 3.8) is 0 Å². The molecule has 1 aliphatic heterocycles.